The maximum absolute atomic E-state index is 11.7. The van der Waals surface area contributed by atoms with E-state index >= 15 is 0 Å². The van der Waals surface area contributed by atoms with E-state index in [0.717, 1.165) is 48.5 Å². The number of carbonyl (C=O) groups is 1. The average Bonchev–Trinajstić information content (AvgIpc) is 2.72. The standard InChI is InChI=1S/C24H34NO4P/c1-6-7-8-9-18-13-21-23(20-12-15(2)10-11-19(20)17(4)28-21)22(14-18)29-30-25-16(3)24(26)27-5/h12-14,16,19-20,25,30H,4,6-11H2,1-3,5H3/t16-,19?,20?/m0/s1. The Morgan fingerprint density at radius 2 is 2.20 bits per heavy atom. The Morgan fingerprint density at radius 3 is 2.93 bits per heavy atom. The van der Waals surface area contributed by atoms with E-state index in [-0.39, 0.29) is 26.8 Å². The lowest BCUT2D eigenvalue weighted by Crippen LogP contribution is -2.30. The minimum absolute atomic E-state index is 0.0540. The summed E-state index contributed by atoms with van der Waals surface area (Å²) in [5, 5.41) is 3.11. The minimum atomic E-state index is -0.419. The minimum Gasteiger partial charge on any atom is -0.468 e. The summed E-state index contributed by atoms with van der Waals surface area (Å²) in [7, 11) is 1.34. The van der Waals surface area contributed by atoms with Crippen LogP contribution in [-0.4, -0.2) is 19.1 Å². The van der Waals surface area contributed by atoms with Crippen LogP contribution in [0.4, 0.5) is 0 Å². The van der Waals surface area contributed by atoms with Crippen molar-refractivity contribution in [3.8, 4) is 11.5 Å². The van der Waals surface area contributed by atoms with Gasteiger partial charge in [-0.05, 0) is 57.2 Å². The number of benzene rings is 1. The number of unbranched alkanes of at least 4 members (excludes halogenated alkanes) is 2. The molecule has 0 bridgehead atoms. The molecule has 0 fully saturated rings. The van der Waals surface area contributed by atoms with Crippen LogP contribution < -0.4 is 14.3 Å². The third-order valence-electron chi connectivity index (χ3n) is 5.96. The van der Waals surface area contributed by atoms with E-state index in [4.69, 9.17) is 14.0 Å². The maximum atomic E-state index is 11.7. The van der Waals surface area contributed by atoms with Crippen LogP contribution in [0.1, 0.15) is 69.9 Å². The molecule has 1 aromatic rings. The predicted octanol–water partition coefficient (Wildman–Crippen LogP) is 5.80. The molecule has 0 saturated heterocycles. The lowest BCUT2D eigenvalue weighted by atomic mass is 9.74. The Balaban J connectivity index is 1.89. The van der Waals surface area contributed by atoms with E-state index in [9.17, 15) is 4.79 Å². The molecule has 30 heavy (non-hydrogen) atoms. The summed E-state index contributed by atoms with van der Waals surface area (Å²) in [6.07, 6.45) is 8.98. The number of hydrogen-bond acceptors (Lipinski definition) is 5. The highest BCUT2D eigenvalue weighted by Gasteiger charge is 2.37. The van der Waals surface area contributed by atoms with Crippen LogP contribution in [0.25, 0.3) is 0 Å². The van der Waals surface area contributed by atoms with E-state index in [1.165, 1.54) is 31.1 Å². The van der Waals surface area contributed by atoms with Gasteiger partial charge in [-0.15, -0.1) is 0 Å². The molecule has 4 atom stereocenters. The number of ether oxygens (including phenoxy) is 2. The summed E-state index contributed by atoms with van der Waals surface area (Å²) >= 11 is 0. The smallest absolute Gasteiger partial charge is 0.322 e. The van der Waals surface area contributed by atoms with Crippen LogP contribution in [0, 0.1) is 5.92 Å². The van der Waals surface area contributed by atoms with Crippen LogP contribution in [0.3, 0.4) is 0 Å². The van der Waals surface area contributed by atoms with Crippen molar-refractivity contribution < 1.29 is 18.8 Å². The van der Waals surface area contributed by atoms with Gasteiger partial charge in [0.2, 0.25) is 0 Å². The first-order chi connectivity index (χ1) is 14.4. The zero-order valence-electron chi connectivity index (χ0n) is 18.5. The second-order valence-corrected chi connectivity index (χ2v) is 9.01. The highest BCUT2D eigenvalue weighted by Crippen LogP contribution is 2.52. The SMILES string of the molecule is C=C1Oc2cc(CCCCC)cc(OPN[C@@H](C)C(=O)OC)c2C2C=C(C)CCC12. The van der Waals surface area contributed by atoms with Gasteiger partial charge in [-0.25, -0.2) is 0 Å². The van der Waals surface area contributed by atoms with Crippen molar-refractivity contribution in [2.75, 3.05) is 7.11 Å². The van der Waals surface area contributed by atoms with Crippen molar-refractivity contribution in [3.63, 3.8) is 0 Å². The molecule has 3 rings (SSSR count). The average molecular weight is 432 g/mol. The summed E-state index contributed by atoms with van der Waals surface area (Å²) in [5.41, 5.74) is 3.71. The predicted molar refractivity (Wildman–Crippen MR) is 122 cm³/mol. The monoisotopic (exact) mass is 431 g/mol. The molecule has 0 amide bonds. The summed E-state index contributed by atoms with van der Waals surface area (Å²) in [6.45, 7) is 10.4. The van der Waals surface area contributed by atoms with Gasteiger partial charge in [-0.1, -0.05) is 38.0 Å². The fraction of sp³-hybridized carbons (Fsp3) is 0.542. The van der Waals surface area contributed by atoms with Crippen molar-refractivity contribution in [3.05, 3.63) is 47.2 Å². The molecule has 1 aliphatic heterocycles. The molecular weight excluding hydrogens is 397 g/mol. The third kappa shape index (κ3) is 5.25. The number of rotatable bonds is 9. The number of fused-ring (bicyclic) bond motifs is 3. The van der Waals surface area contributed by atoms with Gasteiger partial charge in [0.1, 0.15) is 32.3 Å². The van der Waals surface area contributed by atoms with Crippen LogP contribution in [0.15, 0.2) is 36.1 Å². The molecule has 1 N–H and O–H groups in total. The van der Waals surface area contributed by atoms with Crippen LogP contribution in [0.2, 0.25) is 0 Å². The van der Waals surface area contributed by atoms with Gasteiger partial charge in [0, 0.05) is 17.4 Å². The first-order valence-electron chi connectivity index (χ1n) is 10.9. The second-order valence-electron chi connectivity index (χ2n) is 8.31. The van der Waals surface area contributed by atoms with Gasteiger partial charge >= 0.3 is 5.97 Å². The van der Waals surface area contributed by atoms with Crippen molar-refractivity contribution in [1.29, 1.82) is 0 Å². The Hall–Kier alpha value is -1.84. The second kappa shape index (κ2) is 10.5. The first kappa shape index (κ1) is 22.8. The number of allylic oxidation sites excluding steroid dienone is 3. The van der Waals surface area contributed by atoms with E-state index in [1.54, 1.807) is 6.92 Å². The van der Waals surface area contributed by atoms with Gasteiger partial charge in [0.05, 0.1) is 7.11 Å². The number of esters is 1. The first-order valence-corrected chi connectivity index (χ1v) is 11.8. The molecule has 0 radical (unpaired) electrons. The Labute approximate surface area is 182 Å². The van der Waals surface area contributed by atoms with Crippen molar-refractivity contribution in [2.24, 2.45) is 5.92 Å². The molecule has 2 aliphatic rings. The fourth-order valence-electron chi connectivity index (χ4n) is 4.22. The number of hydrogen-bond donors (Lipinski definition) is 1. The van der Waals surface area contributed by atoms with Crippen LogP contribution >= 0.6 is 8.96 Å². The largest absolute Gasteiger partial charge is 0.468 e. The van der Waals surface area contributed by atoms with Crippen molar-refractivity contribution >= 4 is 14.9 Å². The third-order valence-corrected chi connectivity index (χ3v) is 6.83. The number of carbonyl (C=O) groups excluding carboxylic acids is 1. The highest BCUT2D eigenvalue weighted by molar-refractivity contribution is 7.30. The van der Waals surface area contributed by atoms with Crippen molar-refractivity contribution in [1.82, 2.24) is 5.09 Å². The van der Waals surface area contributed by atoms with E-state index < -0.39 is 6.04 Å². The van der Waals surface area contributed by atoms with Crippen LogP contribution in [-0.2, 0) is 16.0 Å². The summed E-state index contributed by atoms with van der Waals surface area (Å²) in [5.74, 6) is 2.76. The topological polar surface area (TPSA) is 56.8 Å². The Morgan fingerprint density at radius 1 is 1.40 bits per heavy atom. The van der Waals surface area contributed by atoms with Gasteiger partial charge < -0.3 is 14.0 Å². The number of nitrogens with one attached hydrogen (secondary N) is 1. The molecule has 1 heterocycles. The highest BCUT2D eigenvalue weighted by atomic mass is 31.1. The Bertz CT molecular complexity index is 820. The van der Waals surface area contributed by atoms with Gasteiger partial charge in [-0.2, -0.15) is 0 Å². The molecule has 1 aliphatic carbocycles. The normalized spacial score (nSPS) is 21.5. The molecule has 0 saturated carbocycles. The summed E-state index contributed by atoms with van der Waals surface area (Å²) in [4.78, 5) is 11.7. The molecule has 0 spiro atoms. The number of methoxy groups -OCH3 is 1. The van der Waals surface area contributed by atoms with E-state index in [1.807, 2.05) is 0 Å². The van der Waals surface area contributed by atoms with Crippen LogP contribution in [0.5, 0.6) is 11.5 Å². The molecule has 5 nitrogen and oxygen atoms in total. The quantitative estimate of drug-likeness (QED) is 0.232. The van der Waals surface area contributed by atoms with Gasteiger partial charge in [-0.3, -0.25) is 9.88 Å². The molecule has 0 aromatic heterocycles. The van der Waals surface area contributed by atoms with E-state index in [0.29, 0.717) is 0 Å². The summed E-state index contributed by atoms with van der Waals surface area (Å²) in [6, 6.07) is 3.89. The summed E-state index contributed by atoms with van der Waals surface area (Å²) < 4.78 is 17.2. The maximum Gasteiger partial charge on any atom is 0.322 e. The van der Waals surface area contributed by atoms with Gasteiger partial charge in [0.25, 0.3) is 0 Å². The Kier molecular flexibility index (Phi) is 7.96. The van der Waals surface area contributed by atoms with Crippen molar-refractivity contribution in [2.45, 2.75) is 71.3 Å². The lowest BCUT2D eigenvalue weighted by molar-refractivity contribution is -0.142. The molecule has 1 aromatic carbocycles. The molecular formula is C24H34NO4P. The van der Waals surface area contributed by atoms with E-state index in [2.05, 4.69) is 43.7 Å². The molecule has 6 heteroatoms. The number of aryl methyl sites for hydroxylation is 1. The molecule has 164 valence electrons. The zero-order valence-corrected chi connectivity index (χ0v) is 19.5. The van der Waals surface area contributed by atoms with Gasteiger partial charge in [0.15, 0.2) is 0 Å². The fourth-order valence-corrected chi connectivity index (χ4v) is 4.85. The lowest BCUT2D eigenvalue weighted by Gasteiger charge is -2.37. The molecule has 3 unspecified atom stereocenters. The zero-order chi connectivity index (χ0) is 21.7.